The van der Waals surface area contributed by atoms with Crippen LogP contribution in [0.2, 0.25) is 0 Å². The van der Waals surface area contributed by atoms with Crippen molar-refractivity contribution in [3.8, 4) is 11.3 Å². The van der Waals surface area contributed by atoms with Crippen LogP contribution in [0.1, 0.15) is 32.4 Å². The molecule has 1 unspecified atom stereocenters. The largest absolute Gasteiger partial charge is 0.372 e. The number of rotatable bonds is 7. The van der Waals surface area contributed by atoms with Crippen LogP contribution < -0.4 is 15.8 Å². The van der Waals surface area contributed by atoms with E-state index in [1.165, 1.54) is 10.7 Å². The second-order valence-corrected chi connectivity index (χ2v) is 7.25. The van der Waals surface area contributed by atoms with E-state index in [2.05, 4.69) is 29.2 Å². The van der Waals surface area contributed by atoms with Crippen molar-refractivity contribution in [1.82, 2.24) is 9.78 Å². The molecule has 1 N–H and O–H groups in total. The highest BCUT2D eigenvalue weighted by atomic mass is 16.2. The highest BCUT2D eigenvalue weighted by Crippen LogP contribution is 2.20. The minimum Gasteiger partial charge on any atom is -0.372 e. The van der Waals surface area contributed by atoms with Gasteiger partial charge in [-0.25, -0.2) is 4.68 Å². The van der Waals surface area contributed by atoms with E-state index >= 15 is 0 Å². The summed E-state index contributed by atoms with van der Waals surface area (Å²) in [4.78, 5) is 27.4. The van der Waals surface area contributed by atoms with Crippen LogP contribution in [0.4, 0.5) is 11.4 Å². The summed E-state index contributed by atoms with van der Waals surface area (Å²) in [5.41, 5.74) is 4.17. The average molecular weight is 405 g/mol. The number of carbonyl (C=O) groups is 1. The van der Waals surface area contributed by atoms with Gasteiger partial charge in [0.2, 0.25) is 5.91 Å². The summed E-state index contributed by atoms with van der Waals surface area (Å²) in [6, 6.07) is 18.0. The van der Waals surface area contributed by atoms with Gasteiger partial charge in [0.1, 0.15) is 6.04 Å². The first-order chi connectivity index (χ1) is 14.4. The van der Waals surface area contributed by atoms with E-state index in [9.17, 15) is 9.59 Å². The van der Waals surface area contributed by atoms with E-state index in [0.717, 1.165) is 29.9 Å². The normalized spacial score (nSPS) is 11.7. The van der Waals surface area contributed by atoms with Gasteiger partial charge in [-0.2, -0.15) is 5.10 Å². The molecule has 0 aliphatic heterocycles. The summed E-state index contributed by atoms with van der Waals surface area (Å²) in [6.07, 6.45) is 0. The molecule has 0 bridgehead atoms. The lowest BCUT2D eigenvalue weighted by atomic mass is 10.1. The SMILES string of the molecule is CCN(CC)c1ccc(NC(=O)C(C)n2nc(-c3ccc(C)cc3)ccc2=O)cc1. The van der Waals surface area contributed by atoms with Crippen molar-refractivity contribution >= 4 is 17.3 Å². The Morgan fingerprint density at radius 1 is 1.00 bits per heavy atom. The molecular weight excluding hydrogens is 376 g/mol. The van der Waals surface area contributed by atoms with Crippen molar-refractivity contribution in [2.45, 2.75) is 33.7 Å². The maximum Gasteiger partial charge on any atom is 0.267 e. The zero-order valence-electron chi connectivity index (χ0n) is 17.9. The molecule has 0 aliphatic carbocycles. The number of aromatic nitrogens is 2. The monoisotopic (exact) mass is 404 g/mol. The second kappa shape index (κ2) is 9.39. The molecule has 0 aliphatic rings. The molecule has 0 radical (unpaired) electrons. The van der Waals surface area contributed by atoms with Gasteiger partial charge in [-0.05, 0) is 58.0 Å². The number of nitrogens with zero attached hydrogens (tertiary/aromatic N) is 3. The molecule has 1 atom stereocenters. The van der Waals surface area contributed by atoms with E-state index < -0.39 is 6.04 Å². The number of nitrogens with one attached hydrogen (secondary N) is 1. The first-order valence-corrected chi connectivity index (χ1v) is 10.3. The third-order valence-electron chi connectivity index (χ3n) is 5.18. The highest BCUT2D eigenvalue weighted by molar-refractivity contribution is 5.93. The molecule has 6 nitrogen and oxygen atoms in total. The van der Waals surface area contributed by atoms with Gasteiger partial charge in [0.05, 0.1) is 5.69 Å². The number of amides is 1. The predicted molar refractivity (Wildman–Crippen MR) is 122 cm³/mol. The van der Waals surface area contributed by atoms with Crippen molar-refractivity contribution in [3.05, 3.63) is 76.6 Å². The number of hydrogen-bond acceptors (Lipinski definition) is 4. The van der Waals surface area contributed by atoms with Crippen LogP contribution in [-0.2, 0) is 4.79 Å². The van der Waals surface area contributed by atoms with E-state index in [-0.39, 0.29) is 11.5 Å². The van der Waals surface area contributed by atoms with Gasteiger partial charge in [-0.1, -0.05) is 29.8 Å². The van der Waals surface area contributed by atoms with Gasteiger partial charge < -0.3 is 10.2 Å². The Morgan fingerprint density at radius 2 is 1.63 bits per heavy atom. The molecule has 1 heterocycles. The number of hydrogen-bond donors (Lipinski definition) is 1. The number of benzene rings is 2. The maximum absolute atomic E-state index is 12.8. The minimum absolute atomic E-state index is 0.291. The van der Waals surface area contributed by atoms with Gasteiger partial charge in [0.15, 0.2) is 0 Å². The summed E-state index contributed by atoms with van der Waals surface area (Å²) >= 11 is 0. The van der Waals surface area contributed by atoms with Crippen molar-refractivity contribution in [2.75, 3.05) is 23.3 Å². The summed E-state index contributed by atoms with van der Waals surface area (Å²) < 4.78 is 1.23. The standard InChI is InChI=1S/C24H28N4O2/c1-5-27(6-2)21-13-11-20(12-14-21)25-24(30)18(4)28-23(29)16-15-22(26-28)19-9-7-17(3)8-10-19/h7-16,18H,5-6H2,1-4H3,(H,25,30). The molecular formula is C24H28N4O2. The molecule has 1 aromatic heterocycles. The Hall–Kier alpha value is -3.41. The Balaban J connectivity index is 1.78. The molecule has 156 valence electrons. The van der Waals surface area contributed by atoms with Crippen molar-refractivity contribution in [1.29, 1.82) is 0 Å². The fourth-order valence-corrected chi connectivity index (χ4v) is 3.28. The molecule has 3 aromatic rings. The lowest BCUT2D eigenvalue weighted by molar-refractivity contribution is -0.119. The van der Waals surface area contributed by atoms with E-state index in [0.29, 0.717) is 11.4 Å². The van der Waals surface area contributed by atoms with Crippen LogP contribution in [-0.4, -0.2) is 28.8 Å². The quantitative estimate of drug-likeness (QED) is 0.639. The Morgan fingerprint density at radius 3 is 2.23 bits per heavy atom. The zero-order valence-corrected chi connectivity index (χ0v) is 17.9. The first kappa shape index (κ1) is 21.3. The zero-order chi connectivity index (χ0) is 21.7. The smallest absolute Gasteiger partial charge is 0.267 e. The van der Waals surface area contributed by atoms with Crippen LogP contribution in [0.15, 0.2) is 65.5 Å². The lowest BCUT2D eigenvalue weighted by Crippen LogP contribution is -2.33. The lowest BCUT2D eigenvalue weighted by Gasteiger charge is -2.21. The summed E-state index contributed by atoms with van der Waals surface area (Å²) in [6.45, 7) is 9.75. The second-order valence-electron chi connectivity index (χ2n) is 7.25. The van der Waals surface area contributed by atoms with Crippen molar-refractivity contribution in [3.63, 3.8) is 0 Å². The molecule has 3 rings (SSSR count). The molecule has 30 heavy (non-hydrogen) atoms. The van der Waals surface area contributed by atoms with Crippen molar-refractivity contribution in [2.24, 2.45) is 0 Å². The fourth-order valence-electron chi connectivity index (χ4n) is 3.28. The van der Waals surface area contributed by atoms with Crippen LogP contribution in [0, 0.1) is 6.92 Å². The molecule has 2 aromatic carbocycles. The highest BCUT2D eigenvalue weighted by Gasteiger charge is 2.18. The van der Waals surface area contributed by atoms with Crippen LogP contribution >= 0.6 is 0 Å². The van der Waals surface area contributed by atoms with E-state index in [1.807, 2.05) is 55.5 Å². The Kier molecular flexibility index (Phi) is 6.67. The third-order valence-corrected chi connectivity index (χ3v) is 5.18. The number of carbonyl (C=O) groups excluding carboxylic acids is 1. The summed E-state index contributed by atoms with van der Waals surface area (Å²) in [5, 5.41) is 7.31. The van der Waals surface area contributed by atoms with E-state index in [1.54, 1.807) is 13.0 Å². The van der Waals surface area contributed by atoms with Crippen molar-refractivity contribution < 1.29 is 4.79 Å². The van der Waals surface area contributed by atoms with Gasteiger partial charge in [-0.3, -0.25) is 9.59 Å². The predicted octanol–water partition coefficient (Wildman–Crippen LogP) is 4.26. The topological polar surface area (TPSA) is 67.2 Å². The van der Waals surface area contributed by atoms with Gasteiger partial charge in [0.25, 0.3) is 5.56 Å². The number of anilines is 2. The molecule has 1 amide bonds. The van der Waals surface area contributed by atoms with Gasteiger partial charge >= 0.3 is 0 Å². The summed E-state index contributed by atoms with van der Waals surface area (Å²) in [5.74, 6) is -0.291. The Labute approximate surface area is 177 Å². The fraction of sp³-hybridized carbons (Fsp3) is 0.292. The molecule has 0 saturated heterocycles. The minimum atomic E-state index is -0.745. The van der Waals surface area contributed by atoms with Gasteiger partial charge in [-0.15, -0.1) is 0 Å². The molecule has 0 saturated carbocycles. The average Bonchev–Trinajstić information content (AvgIpc) is 2.76. The molecule has 0 spiro atoms. The number of aryl methyl sites for hydroxylation is 1. The Bertz CT molecular complexity index is 1050. The van der Waals surface area contributed by atoms with Gasteiger partial charge in [0, 0.05) is 36.1 Å². The van der Waals surface area contributed by atoms with Crippen LogP contribution in [0.3, 0.4) is 0 Å². The molecule has 0 fully saturated rings. The summed E-state index contributed by atoms with van der Waals surface area (Å²) in [7, 11) is 0. The molecule has 6 heteroatoms. The van der Waals surface area contributed by atoms with Crippen LogP contribution in [0.5, 0.6) is 0 Å². The first-order valence-electron chi connectivity index (χ1n) is 10.3. The van der Waals surface area contributed by atoms with Crippen LogP contribution in [0.25, 0.3) is 11.3 Å². The van der Waals surface area contributed by atoms with E-state index in [4.69, 9.17) is 0 Å². The third kappa shape index (κ3) is 4.76. The maximum atomic E-state index is 12.8.